The van der Waals surface area contributed by atoms with Gasteiger partial charge in [0.15, 0.2) is 5.41 Å². The third-order valence-corrected chi connectivity index (χ3v) is 1.71. The second kappa shape index (κ2) is 2.50. The van der Waals surface area contributed by atoms with E-state index in [2.05, 4.69) is 4.74 Å². The zero-order valence-corrected chi connectivity index (χ0v) is 6.13. The van der Waals surface area contributed by atoms with Crippen LogP contribution in [0.3, 0.4) is 0 Å². The number of nitriles is 1. The van der Waals surface area contributed by atoms with Gasteiger partial charge in [-0.25, -0.2) is 4.39 Å². The number of hydrogen-bond acceptors (Lipinski definition) is 3. The van der Waals surface area contributed by atoms with E-state index in [4.69, 9.17) is 5.26 Å². The minimum absolute atomic E-state index is 0.0116. The zero-order chi connectivity index (χ0) is 8.48. The highest BCUT2D eigenvalue weighted by Gasteiger charge is 2.63. The van der Waals surface area contributed by atoms with Crippen molar-refractivity contribution in [2.45, 2.75) is 19.5 Å². The third kappa shape index (κ3) is 1.07. The van der Waals surface area contributed by atoms with Crippen LogP contribution in [-0.4, -0.2) is 18.7 Å². The number of ether oxygens (including phenoxy) is 1. The van der Waals surface area contributed by atoms with Gasteiger partial charge in [0.25, 0.3) is 0 Å². The van der Waals surface area contributed by atoms with Crippen LogP contribution >= 0.6 is 0 Å². The number of halogens is 1. The summed E-state index contributed by atoms with van der Waals surface area (Å²) in [5.41, 5.74) is -1.46. The molecule has 1 rings (SSSR count). The van der Waals surface area contributed by atoms with Crippen LogP contribution in [-0.2, 0) is 9.53 Å². The molecule has 1 saturated carbocycles. The highest BCUT2D eigenvalue weighted by molar-refractivity contribution is 5.84. The van der Waals surface area contributed by atoms with Gasteiger partial charge in [0.1, 0.15) is 6.17 Å². The van der Waals surface area contributed by atoms with E-state index in [1.807, 2.05) is 0 Å². The average molecular weight is 157 g/mol. The molecule has 0 N–H and O–H groups in total. The second-order valence-corrected chi connectivity index (χ2v) is 2.48. The first-order valence-electron chi connectivity index (χ1n) is 3.40. The van der Waals surface area contributed by atoms with E-state index in [0.29, 0.717) is 0 Å². The summed E-state index contributed by atoms with van der Waals surface area (Å²) in [5.74, 6) is -0.727. The Morgan fingerprint density at radius 1 is 2.00 bits per heavy atom. The average Bonchev–Trinajstić information content (AvgIpc) is 2.63. The van der Waals surface area contributed by atoms with Gasteiger partial charge in [0.05, 0.1) is 12.7 Å². The van der Waals surface area contributed by atoms with Gasteiger partial charge in [-0.15, -0.1) is 0 Å². The van der Waals surface area contributed by atoms with Gasteiger partial charge in [-0.05, 0) is 6.92 Å². The van der Waals surface area contributed by atoms with Gasteiger partial charge in [0, 0.05) is 6.42 Å². The molecule has 3 nitrogen and oxygen atoms in total. The van der Waals surface area contributed by atoms with Crippen molar-refractivity contribution in [1.29, 1.82) is 5.26 Å². The fourth-order valence-electron chi connectivity index (χ4n) is 0.856. The summed E-state index contributed by atoms with van der Waals surface area (Å²) in [7, 11) is 0. The van der Waals surface area contributed by atoms with Crippen LogP contribution in [0.5, 0.6) is 0 Å². The molecule has 0 saturated heterocycles. The molecule has 1 fully saturated rings. The quantitative estimate of drug-likeness (QED) is 0.557. The summed E-state index contributed by atoms with van der Waals surface area (Å²) < 4.78 is 17.0. The first-order chi connectivity index (χ1) is 5.17. The molecule has 0 heterocycles. The monoisotopic (exact) mass is 157 g/mol. The number of hydrogen-bond donors (Lipinski definition) is 0. The van der Waals surface area contributed by atoms with Gasteiger partial charge >= 0.3 is 5.97 Å². The normalized spacial score (nSPS) is 34.1. The Kier molecular flexibility index (Phi) is 1.81. The highest BCUT2D eigenvalue weighted by atomic mass is 19.1. The fraction of sp³-hybridized carbons (Fsp3) is 0.714. The number of rotatable bonds is 2. The zero-order valence-electron chi connectivity index (χ0n) is 6.13. The summed E-state index contributed by atoms with van der Waals surface area (Å²) in [4.78, 5) is 10.9. The van der Waals surface area contributed by atoms with Crippen molar-refractivity contribution in [2.24, 2.45) is 5.41 Å². The molecule has 0 aliphatic heterocycles. The Hall–Kier alpha value is -1.11. The van der Waals surface area contributed by atoms with Gasteiger partial charge in [-0.1, -0.05) is 0 Å². The van der Waals surface area contributed by atoms with Gasteiger partial charge < -0.3 is 4.74 Å². The van der Waals surface area contributed by atoms with E-state index >= 15 is 0 Å². The Morgan fingerprint density at radius 3 is 2.82 bits per heavy atom. The molecule has 1 aliphatic rings. The highest BCUT2D eigenvalue weighted by Crippen LogP contribution is 2.48. The lowest BCUT2D eigenvalue weighted by Crippen LogP contribution is -2.19. The molecule has 0 bridgehead atoms. The standard InChI is InChI=1S/C7H8FNO2/c1-2-11-6(10)7(4-9)3-5(7)8/h5H,2-3H2,1H3/t5-,7+/m1/s1. The number of carbonyl (C=O) groups is 1. The Bertz CT molecular complexity index is 223. The van der Waals surface area contributed by atoms with Crippen LogP contribution in [0.25, 0.3) is 0 Å². The minimum atomic E-state index is -1.46. The summed E-state index contributed by atoms with van der Waals surface area (Å²) >= 11 is 0. The summed E-state index contributed by atoms with van der Waals surface area (Å²) in [6, 6.07) is 1.64. The van der Waals surface area contributed by atoms with Crippen LogP contribution in [0, 0.1) is 16.7 Å². The number of esters is 1. The van der Waals surface area contributed by atoms with Crippen molar-refractivity contribution in [3.63, 3.8) is 0 Å². The van der Waals surface area contributed by atoms with Crippen molar-refractivity contribution in [1.82, 2.24) is 0 Å². The van der Waals surface area contributed by atoms with E-state index in [0.717, 1.165) is 0 Å². The molecular formula is C7H8FNO2. The summed E-state index contributed by atoms with van der Waals surface area (Å²) in [6.07, 6.45) is -1.34. The lowest BCUT2D eigenvalue weighted by Gasteiger charge is -2.03. The largest absolute Gasteiger partial charge is 0.465 e. The molecule has 0 aromatic rings. The van der Waals surface area contributed by atoms with Crippen LogP contribution in [0.15, 0.2) is 0 Å². The van der Waals surface area contributed by atoms with E-state index in [9.17, 15) is 9.18 Å². The first-order valence-corrected chi connectivity index (χ1v) is 3.40. The van der Waals surface area contributed by atoms with Crippen LogP contribution in [0.4, 0.5) is 4.39 Å². The number of nitrogens with zero attached hydrogens (tertiary/aromatic N) is 1. The smallest absolute Gasteiger partial charge is 0.329 e. The minimum Gasteiger partial charge on any atom is -0.465 e. The first kappa shape index (κ1) is 7.99. The van der Waals surface area contributed by atoms with Crippen LogP contribution in [0.2, 0.25) is 0 Å². The molecule has 0 amide bonds. The van der Waals surface area contributed by atoms with E-state index < -0.39 is 17.6 Å². The molecule has 11 heavy (non-hydrogen) atoms. The van der Waals surface area contributed by atoms with Gasteiger partial charge in [-0.2, -0.15) is 5.26 Å². The molecule has 0 unspecified atom stereocenters. The lowest BCUT2D eigenvalue weighted by molar-refractivity contribution is -0.148. The number of carbonyl (C=O) groups excluding carboxylic acids is 1. The molecule has 0 spiro atoms. The Morgan fingerprint density at radius 2 is 2.55 bits per heavy atom. The maximum Gasteiger partial charge on any atom is 0.329 e. The van der Waals surface area contributed by atoms with Crippen molar-refractivity contribution < 1.29 is 13.9 Å². The van der Waals surface area contributed by atoms with Gasteiger partial charge in [0.2, 0.25) is 0 Å². The molecule has 0 aromatic carbocycles. The lowest BCUT2D eigenvalue weighted by atomic mass is 10.1. The van der Waals surface area contributed by atoms with Gasteiger partial charge in [-0.3, -0.25) is 4.79 Å². The van der Waals surface area contributed by atoms with E-state index in [1.165, 1.54) is 0 Å². The van der Waals surface area contributed by atoms with E-state index in [-0.39, 0.29) is 13.0 Å². The number of alkyl halides is 1. The van der Waals surface area contributed by atoms with Crippen molar-refractivity contribution in [2.75, 3.05) is 6.61 Å². The predicted octanol–water partition coefficient (Wildman–Crippen LogP) is 0.801. The molecule has 2 atom stereocenters. The van der Waals surface area contributed by atoms with Crippen LogP contribution in [0.1, 0.15) is 13.3 Å². The summed E-state index contributed by atoms with van der Waals surface area (Å²) in [5, 5.41) is 8.43. The molecular weight excluding hydrogens is 149 g/mol. The molecule has 0 aromatic heterocycles. The molecule has 60 valence electrons. The predicted molar refractivity (Wildman–Crippen MR) is 34.2 cm³/mol. The maximum absolute atomic E-state index is 12.5. The summed E-state index contributed by atoms with van der Waals surface area (Å²) in [6.45, 7) is 1.81. The third-order valence-electron chi connectivity index (χ3n) is 1.71. The Labute approximate surface area is 63.8 Å². The van der Waals surface area contributed by atoms with Crippen LogP contribution < -0.4 is 0 Å². The fourth-order valence-corrected chi connectivity index (χ4v) is 0.856. The van der Waals surface area contributed by atoms with Crippen molar-refractivity contribution in [3.8, 4) is 6.07 Å². The van der Waals surface area contributed by atoms with Crippen molar-refractivity contribution >= 4 is 5.97 Å². The maximum atomic E-state index is 12.5. The molecule has 1 aliphatic carbocycles. The topological polar surface area (TPSA) is 50.1 Å². The molecule has 0 radical (unpaired) electrons. The second-order valence-electron chi connectivity index (χ2n) is 2.48. The Balaban J connectivity index is 2.60. The van der Waals surface area contributed by atoms with E-state index in [1.54, 1.807) is 13.0 Å². The molecule has 4 heteroatoms. The van der Waals surface area contributed by atoms with Crippen molar-refractivity contribution in [3.05, 3.63) is 0 Å². The SMILES string of the molecule is CCOC(=O)[C@]1(C#N)C[C@H]1F.